The third-order valence-corrected chi connectivity index (χ3v) is 3.58. The van der Waals surface area contributed by atoms with E-state index in [9.17, 15) is 9.90 Å². The Kier molecular flexibility index (Phi) is 3.16. The lowest BCUT2D eigenvalue weighted by molar-refractivity contribution is 0.0757. The van der Waals surface area contributed by atoms with Crippen molar-refractivity contribution in [1.29, 1.82) is 0 Å². The van der Waals surface area contributed by atoms with E-state index in [0.29, 0.717) is 18.8 Å². The molecule has 6 nitrogen and oxygen atoms in total. The quantitative estimate of drug-likeness (QED) is 0.819. The molecule has 2 rings (SSSR count). The van der Waals surface area contributed by atoms with Crippen LogP contribution in [-0.4, -0.2) is 50.1 Å². The summed E-state index contributed by atoms with van der Waals surface area (Å²) in [6.45, 7) is 10.8. The zero-order valence-corrected chi connectivity index (χ0v) is 12.2. The molecule has 0 spiro atoms. The summed E-state index contributed by atoms with van der Waals surface area (Å²) >= 11 is 0. The number of aliphatic hydroxyl groups is 1. The molecule has 1 aromatic rings. The van der Waals surface area contributed by atoms with Gasteiger partial charge in [0.05, 0.1) is 17.8 Å². The first-order chi connectivity index (χ1) is 8.61. The van der Waals surface area contributed by atoms with Gasteiger partial charge in [0.25, 0.3) is 5.91 Å². The Bertz CT molecular complexity index is 487. The van der Waals surface area contributed by atoms with Gasteiger partial charge in [-0.25, -0.2) is 4.68 Å². The number of aliphatic hydroxyl groups excluding tert-OH is 1. The normalized spacial score (nSPS) is 22.8. The molecule has 6 heteroatoms. The van der Waals surface area contributed by atoms with E-state index < -0.39 is 6.10 Å². The Morgan fingerprint density at radius 1 is 1.47 bits per heavy atom. The van der Waals surface area contributed by atoms with Crippen LogP contribution in [0.3, 0.4) is 0 Å². The van der Waals surface area contributed by atoms with Gasteiger partial charge in [-0.15, -0.1) is 5.10 Å². The number of β-amino-alcohol motifs (C(OH)–C–C–N with tert-alkyl or cyclic N) is 1. The molecule has 1 saturated heterocycles. The first kappa shape index (κ1) is 14.0. The highest BCUT2D eigenvalue weighted by Crippen LogP contribution is 2.30. The Balaban J connectivity index is 2.16. The fourth-order valence-electron chi connectivity index (χ4n) is 2.12. The van der Waals surface area contributed by atoms with Crippen molar-refractivity contribution >= 4 is 5.91 Å². The standard InChI is InChI=1S/C13H22N4O2/c1-12(2,3)17-6-9(14-15-17)11(19)16-7-10(18)13(4,5)8-16/h6,10,18H,7-8H2,1-5H3. The summed E-state index contributed by atoms with van der Waals surface area (Å²) < 4.78 is 1.68. The lowest BCUT2D eigenvalue weighted by Crippen LogP contribution is -2.30. The van der Waals surface area contributed by atoms with Crippen molar-refractivity contribution in [3.8, 4) is 0 Å². The first-order valence-corrected chi connectivity index (χ1v) is 6.51. The van der Waals surface area contributed by atoms with Crippen LogP contribution >= 0.6 is 0 Å². The van der Waals surface area contributed by atoms with Gasteiger partial charge in [0.1, 0.15) is 0 Å². The van der Waals surface area contributed by atoms with E-state index in [2.05, 4.69) is 10.3 Å². The van der Waals surface area contributed by atoms with Crippen molar-refractivity contribution in [1.82, 2.24) is 19.9 Å². The van der Waals surface area contributed by atoms with Crippen molar-refractivity contribution in [3.63, 3.8) is 0 Å². The van der Waals surface area contributed by atoms with Crippen molar-refractivity contribution in [2.75, 3.05) is 13.1 Å². The molecule has 0 aromatic carbocycles. The molecular weight excluding hydrogens is 244 g/mol. The van der Waals surface area contributed by atoms with Crippen LogP contribution < -0.4 is 0 Å². The van der Waals surface area contributed by atoms with Crippen LogP contribution in [-0.2, 0) is 5.54 Å². The van der Waals surface area contributed by atoms with E-state index in [4.69, 9.17) is 0 Å². The Morgan fingerprint density at radius 3 is 2.53 bits per heavy atom. The van der Waals surface area contributed by atoms with Crippen LogP contribution in [0.25, 0.3) is 0 Å². The molecule has 1 unspecified atom stereocenters. The van der Waals surface area contributed by atoms with Gasteiger partial charge in [-0.2, -0.15) is 0 Å². The second kappa shape index (κ2) is 4.30. The highest BCUT2D eigenvalue weighted by molar-refractivity contribution is 5.92. The monoisotopic (exact) mass is 266 g/mol. The van der Waals surface area contributed by atoms with Gasteiger partial charge < -0.3 is 10.0 Å². The number of carbonyl (C=O) groups is 1. The maximum atomic E-state index is 12.3. The van der Waals surface area contributed by atoms with E-state index in [1.54, 1.807) is 15.8 Å². The predicted octanol–water partition coefficient (Wildman–Crippen LogP) is 0.876. The minimum atomic E-state index is -0.492. The second-order valence-corrected chi connectivity index (χ2v) is 6.91. The smallest absolute Gasteiger partial charge is 0.276 e. The molecule has 1 fully saturated rings. The zero-order chi connectivity index (χ0) is 14.4. The Hall–Kier alpha value is -1.43. The molecule has 1 aromatic heterocycles. The SMILES string of the molecule is CC1(C)CN(C(=O)c2cn(C(C)(C)C)nn2)CC1O. The lowest BCUT2D eigenvalue weighted by Gasteiger charge is -2.20. The number of likely N-dealkylation sites (tertiary alicyclic amines) is 1. The number of amides is 1. The summed E-state index contributed by atoms with van der Waals surface area (Å²) in [6, 6.07) is 0. The Labute approximate surface area is 113 Å². The Morgan fingerprint density at radius 2 is 2.11 bits per heavy atom. The van der Waals surface area contributed by atoms with Crippen LogP contribution in [0.1, 0.15) is 45.1 Å². The average Bonchev–Trinajstić information content (AvgIpc) is 2.83. The molecule has 0 bridgehead atoms. The summed E-state index contributed by atoms with van der Waals surface area (Å²) in [5, 5.41) is 17.9. The summed E-state index contributed by atoms with van der Waals surface area (Å²) in [6.07, 6.45) is 1.18. The van der Waals surface area contributed by atoms with Crippen LogP contribution in [0.2, 0.25) is 0 Å². The maximum absolute atomic E-state index is 12.3. The molecule has 1 amide bonds. The van der Waals surface area contributed by atoms with Gasteiger partial charge >= 0.3 is 0 Å². The van der Waals surface area contributed by atoms with E-state index in [1.807, 2.05) is 34.6 Å². The fourth-order valence-corrected chi connectivity index (χ4v) is 2.12. The summed E-state index contributed by atoms with van der Waals surface area (Å²) in [4.78, 5) is 14.0. The summed E-state index contributed by atoms with van der Waals surface area (Å²) in [5.74, 6) is -0.167. The van der Waals surface area contributed by atoms with Crippen LogP contribution in [0.5, 0.6) is 0 Å². The van der Waals surface area contributed by atoms with Crippen molar-refractivity contribution in [2.24, 2.45) is 5.41 Å². The van der Waals surface area contributed by atoms with Crippen molar-refractivity contribution < 1.29 is 9.90 Å². The third kappa shape index (κ3) is 2.63. The molecule has 2 heterocycles. The van der Waals surface area contributed by atoms with Crippen molar-refractivity contribution in [2.45, 2.75) is 46.3 Å². The van der Waals surface area contributed by atoms with Gasteiger partial charge in [-0.05, 0) is 20.8 Å². The first-order valence-electron chi connectivity index (χ1n) is 6.51. The van der Waals surface area contributed by atoms with Crippen LogP contribution in [0.15, 0.2) is 6.20 Å². The largest absolute Gasteiger partial charge is 0.391 e. The molecule has 19 heavy (non-hydrogen) atoms. The van der Waals surface area contributed by atoms with Gasteiger partial charge in [-0.1, -0.05) is 19.1 Å². The zero-order valence-electron chi connectivity index (χ0n) is 12.2. The van der Waals surface area contributed by atoms with Gasteiger partial charge in [0.15, 0.2) is 5.69 Å². The number of carbonyl (C=O) groups excluding carboxylic acids is 1. The number of rotatable bonds is 1. The molecule has 0 radical (unpaired) electrons. The van der Waals surface area contributed by atoms with Gasteiger partial charge in [-0.3, -0.25) is 4.79 Å². The van der Waals surface area contributed by atoms with E-state index >= 15 is 0 Å². The van der Waals surface area contributed by atoms with Crippen LogP contribution in [0.4, 0.5) is 0 Å². The molecule has 1 aliphatic rings. The van der Waals surface area contributed by atoms with Gasteiger partial charge in [0.2, 0.25) is 0 Å². The number of hydrogen-bond donors (Lipinski definition) is 1. The third-order valence-electron chi connectivity index (χ3n) is 3.58. The summed E-state index contributed by atoms with van der Waals surface area (Å²) in [5.41, 5.74) is -0.134. The van der Waals surface area contributed by atoms with E-state index in [0.717, 1.165) is 0 Å². The van der Waals surface area contributed by atoms with E-state index in [1.165, 1.54) is 0 Å². The minimum Gasteiger partial charge on any atom is -0.391 e. The highest BCUT2D eigenvalue weighted by atomic mass is 16.3. The second-order valence-electron chi connectivity index (χ2n) is 6.91. The number of nitrogens with zero attached hydrogens (tertiary/aromatic N) is 4. The summed E-state index contributed by atoms with van der Waals surface area (Å²) in [7, 11) is 0. The lowest BCUT2D eigenvalue weighted by atomic mass is 9.90. The molecule has 1 N–H and O–H groups in total. The average molecular weight is 266 g/mol. The maximum Gasteiger partial charge on any atom is 0.276 e. The number of hydrogen-bond acceptors (Lipinski definition) is 4. The van der Waals surface area contributed by atoms with Crippen molar-refractivity contribution in [3.05, 3.63) is 11.9 Å². The molecule has 1 aliphatic heterocycles. The van der Waals surface area contributed by atoms with Crippen LogP contribution in [0, 0.1) is 5.41 Å². The van der Waals surface area contributed by atoms with Gasteiger partial charge in [0, 0.05) is 18.5 Å². The fraction of sp³-hybridized carbons (Fsp3) is 0.769. The molecule has 0 saturated carbocycles. The molecule has 106 valence electrons. The highest BCUT2D eigenvalue weighted by Gasteiger charge is 2.41. The molecule has 1 atom stereocenters. The molecule has 0 aliphatic carbocycles. The topological polar surface area (TPSA) is 71.2 Å². The minimum absolute atomic E-state index is 0.167. The predicted molar refractivity (Wildman–Crippen MR) is 70.7 cm³/mol. The number of aromatic nitrogens is 3. The van der Waals surface area contributed by atoms with E-state index in [-0.39, 0.29) is 16.9 Å². The molecular formula is C13H22N4O2.